The quantitative estimate of drug-likeness (QED) is 0.786. The van der Waals surface area contributed by atoms with Crippen LogP contribution in [-0.2, 0) is 16.1 Å². The molecule has 0 aliphatic heterocycles. The monoisotopic (exact) mass is 313 g/mol. The first-order valence-corrected chi connectivity index (χ1v) is 7.81. The van der Waals surface area contributed by atoms with Crippen LogP contribution >= 0.6 is 11.6 Å². The van der Waals surface area contributed by atoms with Gasteiger partial charge in [-0.05, 0) is 46.5 Å². The van der Waals surface area contributed by atoms with E-state index in [0.29, 0.717) is 12.5 Å². The molecule has 1 aliphatic rings. The molecule has 1 aromatic heterocycles. The number of hydrogen-bond donors (Lipinski definition) is 1. The molecule has 0 radical (unpaired) electrons. The highest BCUT2D eigenvalue weighted by Crippen LogP contribution is 2.26. The predicted octanol–water partition coefficient (Wildman–Crippen LogP) is 2.62. The maximum Gasteiger partial charge on any atom is 0.325 e. The summed E-state index contributed by atoms with van der Waals surface area (Å²) < 4.78 is 6.86. The van der Waals surface area contributed by atoms with Crippen molar-refractivity contribution in [2.24, 2.45) is 0 Å². The van der Waals surface area contributed by atoms with Crippen molar-refractivity contribution in [3.8, 4) is 0 Å². The van der Waals surface area contributed by atoms with Crippen LogP contribution < -0.4 is 5.32 Å². The van der Waals surface area contributed by atoms with Gasteiger partial charge in [0.05, 0.1) is 23.5 Å². The van der Waals surface area contributed by atoms with Gasteiger partial charge in [0.1, 0.15) is 5.54 Å². The zero-order valence-corrected chi connectivity index (χ0v) is 14.0. The Labute approximate surface area is 131 Å². The molecule has 0 amide bonds. The number of rotatable bonds is 7. The van der Waals surface area contributed by atoms with E-state index in [1.165, 1.54) is 7.11 Å². The van der Waals surface area contributed by atoms with E-state index in [9.17, 15) is 4.79 Å². The minimum Gasteiger partial charge on any atom is -0.468 e. The summed E-state index contributed by atoms with van der Waals surface area (Å²) in [6.45, 7) is 6.53. The number of aromatic nitrogens is 2. The molecule has 1 fully saturated rings. The van der Waals surface area contributed by atoms with Gasteiger partial charge in [-0.15, -0.1) is 0 Å². The van der Waals surface area contributed by atoms with E-state index < -0.39 is 5.54 Å². The standard InChI is InChI=1S/C15H24ClN3O2/c1-10-13(16)11(2)19(18-10)9-5-8-15(3,14(20)21-4)17-12-6-7-12/h12,17H,5-9H2,1-4H3. The summed E-state index contributed by atoms with van der Waals surface area (Å²) in [6.07, 6.45) is 3.83. The molecule has 1 unspecified atom stereocenters. The molecule has 0 bridgehead atoms. The van der Waals surface area contributed by atoms with E-state index in [1.807, 2.05) is 25.5 Å². The van der Waals surface area contributed by atoms with Crippen molar-refractivity contribution in [1.82, 2.24) is 15.1 Å². The third-order valence-electron chi connectivity index (χ3n) is 4.08. The van der Waals surface area contributed by atoms with E-state index in [2.05, 4.69) is 10.4 Å². The minimum atomic E-state index is -0.615. The molecule has 118 valence electrons. The molecule has 0 spiro atoms. The Morgan fingerprint density at radius 2 is 2.19 bits per heavy atom. The van der Waals surface area contributed by atoms with Gasteiger partial charge in [0.15, 0.2) is 0 Å². The second kappa shape index (κ2) is 6.36. The van der Waals surface area contributed by atoms with E-state index >= 15 is 0 Å². The number of carbonyl (C=O) groups is 1. The van der Waals surface area contributed by atoms with Gasteiger partial charge in [0.25, 0.3) is 0 Å². The van der Waals surface area contributed by atoms with Crippen LogP contribution in [0.25, 0.3) is 0 Å². The van der Waals surface area contributed by atoms with Gasteiger partial charge < -0.3 is 4.74 Å². The summed E-state index contributed by atoms with van der Waals surface area (Å²) in [5, 5.41) is 8.54. The fourth-order valence-corrected chi connectivity index (χ4v) is 2.75. The van der Waals surface area contributed by atoms with Crippen LogP contribution in [0.1, 0.15) is 44.0 Å². The maximum absolute atomic E-state index is 12.0. The summed E-state index contributed by atoms with van der Waals surface area (Å²) in [5.41, 5.74) is 1.21. The highest BCUT2D eigenvalue weighted by atomic mass is 35.5. The Hall–Kier alpha value is -1.07. The molecule has 1 aromatic rings. The fourth-order valence-electron chi connectivity index (χ4n) is 2.61. The molecule has 2 rings (SSSR count). The molecule has 5 nitrogen and oxygen atoms in total. The molecular weight excluding hydrogens is 290 g/mol. The molecule has 21 heavy (non-hydrogen) atoms. The van der Waals surface area contributed by atoms with Crippen LogP contribution in [0.5, 0.6) is 0 Å². The van der Waals surface area contributed by atoms with Crippen molar-refractivity contribution in [3.63, 3.8) is 0 Å². The van der Waals surface area contributed by atoms with Gasteiger partial charge in [-0.2, -0.15) is 5.10 Å². The van der Waals surface area contributed by atoms with Crippen molar-refractivity contribution >= 4 is 17.6 Å². The Balaban J connectivity index is 1.95. The fraction of sp³-hybridized carbons (Fsp3) is 0.733. The number of nitrogens with one attached hydrogen (secondary N) is 1. The Kier molecular flexibility index (Phi) is 4.94. The van der Waals surface area contributed by atoms with Gasteiger partial charge in [-0.25, -0.2) is 0 Å². The number of esters is 1. The number of aryl methyl sites for hydroxylation is 2. The van der Waals surface area contributed by atoms with Crippen molar-refractivity contribution < 1.29 is 9.53 Å². The number of ether oxygens (including phenoxy) is 1. The first-order valence-electron chi connectivity index (χ1n) is 7.43. The molecule has 1 N–H and O–H groups in total. The van der Waals surface area contributed by atoms with Crippen LogP contribution in [-0.4, -0.2) is 34.4 Å². The lowest BCUT2D eigenvalue weighted by Crippen LogP contribution is -2.51. The number of halogens is 1. The van der Waals surface area contributed by atoms with Crippen LogP contribution in [0.2, 0.25) is 5.02 Å². The predicted molar refractivity (Wildman–Crippen MR) is 82.5 cm³/mol. The van der Waals surface area contributed by atoms with Crippen LogP contribution in [0.4, 0.5) is 0 Å². The summed E-state index contributed by atoms with van der Waals surface area (Å²) in [4.78, 5) is 12.0. The molecule has 0 aromatic carbocycles. The Bertz CT molecular complexity index is 525. The molecule has 1 heterocycles. The van der Waals surface area contributed by atoms with E-state index in [1.54, 1.807) is 0 Å². The van der Waals surface area contributed by atoms with Crippen molar-refractivity contribution in [2.75, 3.05) is 7.11 Å². The van der Waals surface area contributed by atoms with Gasteiger partial charge in [0.2, 0.25) is 0 Å². The van der Waals surface area contributed by atoms with Crippen LogP contribution in [0.15, 0.2) is 0 Å². The lowest BCUT2D eigenvalue weighted by Gasteiger charge is -2.28. The summed E-state index contributed by atoms with van der Waals surface area (Å²) >= 11 is 6.15. The Morgan fingerprint density at radius 3 is 2.67 bits per heavy atom. The minimum absolute atomic E-state index is 0.194. The first kappa shape index (κ1) is 16.3. The van der Waals surface area contributed by atoms with Crippen LogP contribution in [0, 0.1) is 13.8 Å². The third-order valence-corrected chi connectivity index (χ3v) is 4.62. The third kappa shape index (κ3) is 3.77. The van der Waals surface area contributed by atoms with Crippen molar-refractivity contribution in [2.45, 2.75) is 64.6 Å². The average Bonchev–Trinajstić information content (AvgIpc) is 3.22. The number of hydrogen-bond acceptors (Lipinski definition) is 4. The summed E-state index contributed by atoms with van der Waals surface area (Å²) in [6, 6.07) is 0.456. The SMILES string of the molecule is COC(=O)C(C)(CCCn1nc(C)c(Cl)c1C)NC1CC1. The molecule has 1 atom stereocenters. The topological polar surface area (TPSA) is 56.2 Å². The van der Waals surface area contributed by atoms with Crippen molar-refractivity contribution in [3.05, 3.63) is 16.4 Å². The smallest absolute Gasteiger partial charge is 0.325 e. The molecule has 0 saturated heterocycles. The lowest BCUT2D eigenvalue weighted by atomic mass is 9.95. The number of carbonyl (C=O) groups excluding carboxylic acids is 1. The van der Waals surface area contributed by atoms with E-state index in [4.69, 9.17) is 16.3 Å². The normalized spacial score (nSPS) is 17.6. The van der Waals surface area contributed by atoms with Gasteiger partial charge in [-0.3, -0.25) is 14.8 Å². The van der Waals surface area contributed by atoms with Gasteiger partial charge in [0, 0.05) is 12.6 Å². The molecule has 1 aliphatic carbocycles. The highest BCUT2D eigenvalue weighted by molar-refractivity contribution is 6.31. The van der Waals surface area contributed by atoms with E-state index in [0.717, 1.165) is 42.2 Å². The van der Waals surface area contributed by atoms with Crippen LogP contribution in [0.3, 0.4) is 0 Å². The highest BCUT2D eigenvalue weighted by Gasteiger charge is 2.38. The molecule has 1 saturated carbocycles. The second-order valence-electron chi connectivity index (χ2n) is 6.05. The Morgan fingerprint density at radius 1 is 1.52 bits per heavy atom. The largest absolute Gasteiger partial charge is 0.468 e. The number of methoxy groups -OCH3 is 1. The zero-order chi connectivity index (χ0) is 15.6. The average molecular weight is 314 g/mol. The summed E-state index contributed by atoms with van der Waals surface area (Å²) in [7, 11) is 1.44. The maximum atomic E-state index is 12.0. The number of nitrogens with zero attached hydrogens (tertiary/aromatic N) is 2. The lowest BCUT2D eigenvalue weighted by molar-refractivity contribution is -0.148. The zero-order valence-electron chi connectivity index (χ0n) is 13.2. The molecule has 6 heteroatoms. The van der Waals surface area contributed by atoms with Gasteiger partial charge >= 0.3 is 5.97 Å². The van der Waals surface area contributed by atoms with Gasteiger partial charge in [-0.1, -0.05) is 11.6 Å². The molecular formula is C15H24ClN3O2. The van der Waals surface area contributed by atoms with E-state index in [-0.39, 0.29) is 5.97 Å². The second-order valence-corrected chi connectivity index (χ2v) is 6.43. The van der Waals surface area contributed by atoms with Crippen molar-refractivity contribution in [1.29, 1.82) is 0 Å². The summed E-state index contributed by atoms with van der Waals surface area (Å²) in [5.74, 6) is -0.194. The first-order chi connectivity index (χ1) is 9.87.